The molecule has 1 atom stereocenters. The van der Waals surface area contributed by atoms with Gasteiger partial charge in [-0.2, -0.15) is 20.3 Å². The Labute approximate surface area is 91.1 Å². The zero-order valence-corrected chi connectivity index (χ0v) is 10.6. The zero-order chi connectivity index (χ0) is 9.40. The Bertz CT molecular complexity index is 135. The van der Waals surface area contributed by atoms with Gasteiger partial charge in [-0.1, -0.05) is 26.2 Å². The molecule has 0 spiro atoms. The van der Waals surface area contributed by atoms with E-state index in [1.807, 2.05) is 0 Å². The van der Waals surface area contributed by atoms with E-state index in [0.29, 0.717) is 0 Å². The van der Waals surface area contributed by atoms with Crippen LogP contribution < -0.4 is 5.73 Å². The lowest BCUT2D eigenvalue weighted by molar-refractivity contribution is -0.135. The zero-order valence-electron chi connectivity index (χ0n) is 7.25. The number of carbonyl (C=O) groups excluding carboxylic acids is 1. The summed E-state index contributed by atoms with van der Waals surface area (Å²) in [6.45, 7) is 2.12. The van der Waals surface area contributed by atoms with Crippen LogP contribution >= 0.6 is 20.3 Å². The lowest BCUT2D eigenvalue weighted by atomic mass is 10.1. The van der Waals surface area contributed by atoms with Crippen molar-refractivity contribution < 1.29 is 8.58 Å². The molecule has 0 aromatic rings. The van der Waals surface area contributed by atoms with Gasteiger partial charge in [0, 0.05) is 0 Å². The Morgan fingerprint density at radius 3 is 2.83 bits per heavy atom. The largest absolute Gasteiger partial charge is 0.627 e. The van der Waals surface area contributed by atoms with Gasteiger partial charge in [0.15, 0.2) is 0 Å². The van der Waals surface area contributed by atoms with E-state index >= 15 is 0 Å². The van der Waals surface area contributed by atoms with Crippen LogP contribution in [0.25, 0.3) is 0 Å². The van der Waals surface area contributed by atoms with Crippen LogP contribution in [-0.4, -0.2) is 24.3 Å². The summed E-state index contributed by atoms with van der Waals surface area (Å²) in [5.74, 6) is -0.240. The van der Waals surface area contributed by atoms with E-state index in [-0.39, 0.29) is 18.2 Å². The van der Waals surface area contributed by atoms with Gasteiger partial charge in [-0.15, -0.1) is 0 Å². The van der Waals surface area contributed by atoms with Crippen LogP contribution in [0.4, 0.5) is 0 Å². The molecule has 0 aliphatic heterocycles. The Morgan fingerprint density at radius 2 is 2.33 bits per heavy atom. The number of hydrogen-bond acceptors (Lipinski definition) is 3. The highest BCUT2D eigenvalue weighted by molar-refractivity contribution is 14.1. The molecule has 0 aliphatic carbocycles. The fraction of sp³-hybridized carbons (Fsp3) is 0.857. The van der Waals surface area contributed by atoms with Crippen molar-refractivity contribution in [2.45, 2.75) is 38.6 Å². The molecule has 69 valence electrons. The molecular weight excluding hydrogens is 284 g/mol. The van der Waals surface area contributed by atoms with Crippen LogP contribution in [0.3, 0.4) is 0 Å². The smallest absolute Gasteiger partial charge is 0.613 e. The Balaban J connectivity index is 3.42. The highest BCUT2D eigenvalue weighted by Gasteiger charge is 2.13. The minimum absolute atomic E-state index is 0.240. The maximum Gasteiger partial charge on any atom is 0.627 e. The first-order valence-electron chi connectivity index (χ1n) is 4.10. The number of carbonyl (C=O) groups is 1. The average Bonchev–Trinajstić information content (AvgIpc) is 2.05. The van der Waals surface area contributed by atoms with Crippen LogP contribution in [0, 0.1) is 0 Å². The number of unbranched alkanes of at least 4 members (excludes halogenated alkanes) is 2. The summed E-state index contributed by atoms with van der Waals surface area (Å²) in [7, 11) is 0. The molecule has 0 aromatic heterocycles. The molecule has 0 aromatic carbocycles. The molecule has 1 radical (unpaired) electrons. The predicted molar refractivity (Wildman–Crippen MR) is 58.0 cm³/mol. The molecule has 0 rings (SSSR count). The van der Waals surface area contributed by atoms with E-state index in [1.165, 1.54) is 0 Å². The van der Waals surface area contributed by atoms with Gasteiger partial charge in [0.25, 0.3) is 5.97 Å². The monoisotopic (exact) mass is 298 g/mol. The first-order chi connectivity index (χ1) is 5.72. The molecule has 0 unspecified atom stereocenters. The molecule has 0 saturated carbocycles. The quantitative estimate of drug-likeness (QED) is 0.458. The number of rotatable bonds is 6. The highest BCUT2D eigenvalue weighted by Crippen LogP contribution is 2.02. The predicted octanol–water partition coefficient (Wildman–Crippen LogP) is 1.41. The van der Waals surface area contributed by atoms with Crippen LogP contribution in [-0.2, 0) is 8.58 Å². The highest BCUT2D eigenvalue weighted by atomic mass is 127. The van der Waals surface area contributed by atoms with Crippen LogP contribution in [0.1, 0.15) is 32.6 Å². The summed E-state index contributed by atoms with van der Waals surface area (Å²) in [5.41, 5.74) is 5.58. The minimum atomic E-state index is -0.404. The lowest BCUT2D eigenvalue weighted by Gasteiger charge is -2.10. The van der Waals surface area contributed by atoms with Crippen molar-refractivity contribution in [3.8, 4) is 0 Å². The van der Waals surface area contributed by atoms with Gasteiger partial charge in [-0.25, -0.2) is 0 Å². The van der Waals surface area contributed by atoms with Crippen molar-refractivity contribution in [1.29, 1.82) is 0 Å². The maximum absolute atomic E-state index is 11.0. The summed E-state index contributed by atoms with van der Waals surface area (Å²) in [5, 5.41) is 0. The minimum Gasteiger partial charge on any atom is -0.613 e. The molecule has 3 nitrogen and oxygen atoms in total. The summed E-state index contributed by atoms with van der Waals surface area (Å²) in [6.07, 6.45) is 4.06. The SMILES string of the molecule is CCCCC[C@H](N)C(=O)[O][Al][I]. The Kier molecular flexibility index (Phi) is 8.78. The van der Waals surface area contributed by atoms with Gasteiger partial charge < -0.3 is 9.52 Å². The maximum atomic E-state index is 11.0. The van der Waals surface area contributed by atoms with E-state index in [1.54, 1.807) is 0 Å². The van der Waals surface area contributed by atoms with E-state index in [0.717, 1.165) is 25.7 Å². The van der Waals surface area contributed by atoms with E-state index in [9.17, 15) is 4.79 Å². The van der Waals surface area contributed by atoms with Gasteiger partial charge in [0.05, 0.1) is 6.04 Å². The fourth-order valence-corrected chi connectivity index (χ4v) is 1.88. The molecule has 0 bridgehead atoms. The van der Waals surface area contributed by atoms with Gasteiger partial charge in [0.2, 0.25) is 0 Å². The molecule has 0 saturated heterocycles. The molecule has 0 aliphatic rings. The third-order valence-corrected chi connectivity index (χ3v) is 2.67. The van der Waals surface area contributed by atoms with Crippen LogP contribution in [0.2, 0.25) is 0 Å². The second-order valence-electron chi connectivity index (χ2n) is 2.63. The third-order valence-electron chi connectivity index (χ3n) is 1.58. The van der Waals surface area contributed by atoms with Crippen molar-refractivity contribution in [2.24, 2.45) is 5.73 Å². The van der Waals surface area contributed by atoms with Crippen molar-refractivity contribution in [1.82, 2.24) is 0 Å². The fourth-order valence-electron chi connectivity index (χ4n) is 0.863. The van der Waals surface area contributed by atoms with Gasteiger partial charge in [-0.3, -0.25) is 4.79 Å². The molecule has 0 fully saturated rings. The third kappa shape index (κ3) is 6.24. The molecule has 5 heteroatoms. The molecule has 2 N–H and O–H groups in total. The molecule has 0 heterocycles. The van der Waals surface area contributed by atoms with E-state index in [4.69, 9.17) is 9.52 Å². The molecular formula is C7H14AlINO2. The Hall–Kier alpha value is 0.692. The van der Waals surface area contributed by atoms with E-state index in [2.05, 4.69) is 27.2 Å². The lowest BCUT2D eigenvalue weighted by Crippen LogP contribution is -2.32. The summed E-state index contributed by atoms with van der Waals surface area (Å²) < 4.78 is 4.84. The van der Waals surface area contributed by atoms with Crippen LogP contribution in [0.15, 0.2) is 0 Å². The first kappa shape index (κ1) is 12.7. The summed E-state index contributed by atoms with van der Waals surface area (Å²) in [6, 6.07) is -0.404. The van der Waals surface area contributed by atoms with E-state index < -0.39 is 6.04 Å². The van der Waals surface area contributed by atoms with Gasteiger partial charge >= 0.3 is 12.3 Å². The molecule has 12 heavy (non-hydrogen) atoms. The summed E-state index contributed by atoms with van der Waals surface area (Å²) >= 11 is 1.82. The van der Waals surface area contributed by atoms with Gasteiger partial charge in [0.1, 0.15) is 0 Å². The number of halogens is 1. The Morgan fingerprint density at radius 1 is 1.67 bits per heavy atom. The second kappa shape index (κ2) is 8.30. The first-order valence-corrected chi connectivity index (χ1v) is 8.74. The average molecular weight is 298 g/mol. The number of hydrogen-bond donors (Lipinski definition) is 1. The van der Waals surface area contributed by atoms with Crippen molar-refractivity contribution >= 4 is 38.5 Å². The van der Waals surface area contributed by atoms with Crippen molar-refractivity contribution in [2.75, 3.05) is 0 Å². The van der Waals surface area contributed by atoms with Crippen molar-refractivity contribution in [3.05, 3.63) is 0 Å². The second-order valence-corrected chi connectivity index (χ2v) is 4.57. The standard InChI is InChI=1S/C7H15NO2.Al.HI/c1-2-3-4-5-6(8)7(9)10;;/h6H,2-5,8H2,1H3,(H,9,10);;1H/q;+2;/p-2/t6-;;/m0../s1. The molecule has 0 amide bonds. The normalized spacial score (nSPS) is 12.2. The topological polar surface area (TPSA) is 52.3 Å². The summed E-state index contributed by atoms with van der Waals surface area (Å²) in [4.78, 5) is 11.0. The number of nitrogens with two attached hydrogens (primary N) is 1. The van der Waals surface area contributed by atoms with Crippen LogP contribution in [0.5, 0.6) is 0 Å². The van der Waals surface area contributed by atoms with Gasteiger partial charge in [-0.05, 0) is 6.42 Å². The van der Waals surface area contributed by atoms with Crippen molar-refractivity contribution in [3.63, 3.8) is 0 Å².